The molecular formula is C18H29NO2. The Morgan fingerprint density at radius 3 is 2.62 bits per heavy atom. The summed E-state index contributed by atoms with van der Waals surface area (Å²) in [5.74, 6) is 0.799. The van der Waals surface area contributed by atoms with Crippen LogP contribution in [0.2, 0.25) is 0 Å². The second-order valence-corrected chi connectivity index (χ2v) is 6.44. The van der Waals surface area contributed by atoms with Crippen LogP contribution in [0.15, 0.2) is 18.2 Å². The molecule has 0 heterocycles. The Morgan fingerprint density at radius 2 is 2.05 bits per heavy atom. The van der Waals surface area contributed by atoms with Gasteiger partial charge in [-0.2, -0.15) is 0 Å². The SMILES string of the molecule is COCCN(CC(O)c1ccc(C)cc1C)C(C)C1CC1. The van der Waals surface area contributed by atoms with Gasteiger partial charge in [-0.1, -0.05) is 23.8 Å². The van der Waals surface area contributed by atoms with E-state index in [2.05, 4.69) is 43.9 Å². The Labute approximate surface area is 128 Å². The monoisotopic (exact) mass is 291 g/mol. The molecule has 1 aliphatic rings. The molecule has 1 saturated carbocycles. The summed E-state index contributed by atoms with van der Waals surface area (Å²) < 4.78 is 5.23. The van der Waals surface area contributed by atoms with Crippen LogP contribution in [0.25, 0.3) is 0 Å². The quantitative estimate of drug-likeness (QED) is 0.799. The normalized spacial score (nSPS) is 18.0. The molecule has 1 fully saturated rings. The number of methoxy groups -OCH3 is 1. The third-order valence-electron chi connectivity index (χ3n) is 4.65. The first-order valence-electron chi connectivity index (χ1n) is 8.01. The first-order valence-corrected chi connectivity index (χ1v) is 8.01. The van der Waals surface area contributed by atoms with Crippen molar-refractivity contribution in [3.05, 3.63) is 34.9 Å². The summed E-state index contributed by atoms with van der Waals surface area (Å²) in [5.41, 5.74) is 3.46. The average Bonchev–Trinajstić information content (AvgIpc) is 3.26. The summed E-state index contributed by atoms with van der Waals surface area (Å²) in [4.78, 5) is 2.38. The van der Waals surface area contributed by atoms with Gasteiger partial charge in [-0.05, 0) is 50.7 Å². The number of ether oxygens (including phenoxy) is 1. The van der Waals surface area contributed by atoms with E-state index >= 15 is 0 Å². The Morgan fingerprint density at radius 1 is 1.33 bits per heavy atom. The van der Waals surface area contributed by atoms with Gasteiger partial charge in [0.1, 0.15) is 0 Å². The van der Waals surface area contributed by atoms with Gasteiger partial charge in [-0.15, -0.1) is 0 Å². The number of benzene rings is 1. The highest BCUT2D eigenvalue weighted by molar-refractivity contribution is 5.32. The summed E-state index contributed by atoms with van der Waals surface area (Å²) in [6, 6.07) is 6.81. The van der Waals surface area contributed by atoms with Crippen LogP contribution >= 0.6 is 0 Å². The third-order valence-corrected chi connectivity index (χ3v) is 4.65. The van der Waals surface area contributed by atoms with Crippen molar-refractivity contribution in [2.45, 2.75) is 45.8 Å². The maximum absolute atomic E-state index is 10.6. The number of aryl methyl sites for hydroxylation is 2. The predicted molar refractivity (Wildman–Crippen MR) is 86.5 cm³/mol. The van der Waals surface area contributed by atoms with Crippen molar-refractivity contribution in [3.63, 3.8) is 0 Å². The molecule has 0 aliphatic heterocycles. The number of aliphatic hydroxyl groups is 1. The number of aliphatic hydroxyl groups excluding tert-OH is 1. The fourth-order valence-corrected chi connectivity index (χ4v) is 3.07. The van der Waals surface area contributed by atoms with Crippen molar-refractivity contribution in [1.82, 2.24) is 4.90 Å². The molecule has 21 heavy (non-hydrogen) atoms. The predicted octanol–water partition coefficient (Wildman–Crippen LogP) is 3.08. The molecule has 2 unspecified atom stereocenters. The summed E-state index contributed by atoms with van der Waals surface area (Å²) in [7, 11) is 1.74. The molecule has 118 valence electrons. The number of nitrogens with zero attached hydrogens (tertiary/aromatic N) is 1. The van der Waals surface area contributed by atoms with Crippen molar-refractivity contribution in [1.29, 1.82) is 0 Å². The Hall–Kier alpha value is -0.900. The molecule has 0 amide bonds. The summed E-state index contributed by atoms with van der Waals surface area (Å²) in [6.45, 7) is 8.73. The minimum atomic E-state index is -0.427. The van der Waals surface area contributed by atoms with Gasteiger partial charge in [0.25, 0.3) is 0 Å². The lowest BCUT2D eigenvalue weighted by Gasteiger charge is -2.31. The molecule has 1 aromatic rings. The highest BCUT2D eigenvalue weighted by Gasteiger charge is 2.32. The molecule has 1 N–H and O–H groups in total. The third kappa shape index (κ3) is 4.53. The van der Waals surface area contributed by atoms with Crippen LogP contribution in [-0.2, 0) is 4.74 Å². The molecule has 0 radical (unpaired) electrons. The maximum atomic E-state index is 10.6. The fraction of sp³-hybridized carbons (Fsp3) is 0.667. The lowest BCUT2D eigenvalue weighted by molar-refractivity contribution is 0.0618. The molecule has 1 aliphatic carbocycles. The number of hydrogen-bond acceptors (Lipinski definition) is 3. The molecule has 0 spiro atoms. The highest BCUT2D eigenvalue weighted by atomic mass is 16.5. The molecule has 0 bridgehead atoms. The number of rotatable bonds is 8. The summed E-state index contributed by atoms with van der Waals surface area (Å²) in [5, 5.41) is 10.6. The zero-order chi connectivity index (χ0) is 15.4. The van der Waals surface area contributed by atoms with E-state index in [0.29, 0.717) is 12.6 Å². The molecule has 3 nitrogen and oxygen atoms in total. The summed E-state index contributed by atoms with van der Waals surface area (Å²) >= 11 is 0. The van der Waals surface area contributed by atoms with E-state index in [1.165, 1.54) is 24.0 Å². The van der Waals surface area contributed by atoms with E-state index < -0.39 is 6.10 Å². The molecule has 1 aromatic carbocycles. The smallest absolute Gasteiger partial charge is 0.0919 e. The largest absolute Gasteiger partial charge is 0.387 e. The van der Waals surface area contributed by atoms with E-state index in [4.69, 9.17) is 4.74 Å². The van der Waals surface area contributed by atoms with E-state index in [1.807, 2.05) is 0 Å². The van der Waals surface area contributed by atoms with Crippen molar-refractivity contribution in [2.24, 2.45) is 5.92 Å². The van der Waals surface area contributed by atoms with Crippen molar-refractivity contribution < 1.29 is 9.84 Å². The van der Waals surface area contributed by atoms with Crippen LogP contribution in [0.1, 0.15) is 42.6 Å². The standard InChI is InChI=1S/C18H29NO2/c1-13-5-8-17(14(2)11-13)18(20)12-19(9-10-21-4)15(3)16-6-7-16/h5,8,11,15-16,18,20H,6-7,9-10,12H2,1-4H3. The van der Waals surface area contributed by atoms with Gasteiger partial charge in [0.2, 0.25) is 0 Å². The van der Waals surface area contributed by atoms with Crippen molar-refractivity contribution >= 4 is 0 Å². The van der Waals surface area contributed by atoms with Crippen LogP contribution in [0.3, 0.4) is 0 Å². The number of hydrogen-bond donors (Lipinski definition) is 1. The maximum Gasteiger partial charge on any atom is 0.0919 e. The van der Waals surface area contributed by atoms with Crippen LogP contribution in [-0.4, -0.2) is 42.9 Å². The van der Waals surface area contributed by atoms with Gasteiger partial charge in [0.05, 0.1) is 12.7 Å². The van der Waals surface area contributed by atoms with Crippen LogP contribution in [0.4, 0.5) is 0 Å². The van der Waals surface area contributed by atoms with Gasteiger partial charge >= 0.3 is 0 Å². The second kappa shape index (κ2) is 7.39. The highest BCUT2D eigenvalue weighted by Crippen LogP contribution is 2.35. The first-order chi connectivity index (χ1) is 10.0. The van der Waals surface area contributed by atoms with Crippen LogP contribution < -0.4 is 0 Å². The van der Waals surface area contributed by atoms with E-state index in [0.717, 1.165) is 24.6 Å². The van der Waals surface area contributed by atoms with Crippen molar-refractivity contribution in [3.8, 4) is 0 Å². The van der Waals surface area contributed by atoms with Crippen LogP contribution in [0, 0.1) is 19.8 Å². The van der Waals surface area contributed by atoms with E-state index in [-0.39, 0.29) is 0 Å². The Kier molecular flexibility index (Phi) is 5.80. The Balaban J connectivity index is 2.03. The van der Waals surface area contributed by atoms with Gasteiger partial charge in [-0.25, -0.2) is 0 Å². The molecule has 0 aromatic heterocycles. The van der Waals surface area contributed by atoms with E-state index in [1.54, 1.807) is 7.11 Å². The molecular weight excluding hydrogens is 262 g/mol. The lowest BCUT2D eigenvalue weighted by Crippen LogP contribution is -2.40. The van der Waals surface area contributed by atoms with Gasteiger partial charge < -0.3 is 9.84 Å². The summed E-state index contributed by atoms with van der Waals surface area (Å²) in [6.07, 6.45) is 2.22. The fourth-order valence-electron chi connectivity index (χ4n) is 3.07. The zero-order valence-corrected chi connectivity index (χ0v) is 13.8. The molecule has 3 heteroatoms. The van der Waals surface area contributed by atoms with E-state index in [9.17, 15) is 5.11 Å². The van der Waals surface area contributed by atoms with Crippen molar-refractivity contribution in [2.75, 3.05) is 26.8 Å². The van der Waals surface area contributed by atoms with Crippen LogP contribution in [0.5, 0.6) is 0 Å². The molecule has 2 atom stereocenters. The first kappa shape index (κ1) is 16.5. The minimum absolute atomic E-state index is 0.427. The lowest BCUT2D eigenvalue weighted by atomic mass is 10.00. The van der Waals surface area contributed by atoms with Gasteiger partial charge in [0, 0.05) is 26.2 Å². The molecule has 2 rings (SSSR count). The second-order valence-electron chi connectivity index (χ2n) is 6.44. The topological polar surface area (TPSA) is 32.7 Å². The Bertz CT molecular complexity index is 457. The van der Waals surface area contributed by atoms with Gasteiger partial charge in [0.15, 0.2) is 0 Å². The molecule has 0 saturated heterocycles. The zero-order valence-electron chi connectivity index (χ0n) is 13.8. The minimum Gasteiger partial charge on any atom is -0.387 e. The average molecular weight is 291 g/mol. The van der Waals surface area contributed by atoms with Gasteiger partial charge in [-0.3, -0.25) is 4.90 Å².